The summed E-state index contributed by atoms with van der Waals surface area (Å²) < 4.78 is 8.61. The maximum Gasteiger partial charge on any atom is 0.338 e. The fraction of sp³-hybridized carbons (Fsp3) is 0.0909. The minimum Gasteiger partial charge on any atom is -0.452 e. The van der Waals surface area contributed by atoms with Gasteiger partial charge in [-0.2, -0.15) is 5.10 Å². The van der Waals surface area contributed by atoms with E-state index in [0.29, 0.717) is 22.0 Å². The Morgan fingerprint density at radius 2 is 1.90 bits per heavy atom. The number of ether oxygens (including phenoxy) is 1. The molecule has 0 saturated heterocycles. The molecule has 0 bridgehead atoms. The molecule has 2 heterocycles. The third-order valence-electron chi connectivity index (χ3n) is 4.56. The zero-order valence-corrected chi connectivity index (χ0v) is 17.3. The summed E-state index contributed by atoms with van der Waals surface area (Å²) in [5.41, 5.74) is 3.22. The molecule has 0 saturated carbocycles. The summed E-state index contributed by atoms with van der Waals surface area (Å²) in [7, 11) is 0. The van der Waals surface area contributed by atoms with Gasteiger partial charge in [0, 0.05) is 23.1 Å². The summed E-state index contributed by atoms with van der Waals surface area (Å²) in [4.78, 5) is 28.8. The normalized spacial score (nSPS) is 10.6. The molecule has 31 heavy (non-hydrogen) atoms. The summed E-state index contributed by atoms with van der Waals surface area (Å²) in [6, 6.07) is 14.0. The number of carbonyl (C=O) groups is 2. The second kappa shape index (κ2) is 8.85. The van der Waals surface area contributed by atoms with Crippen LogP contribution in [0.25, 0.3) is 11.4 Å². The van der Waals surface area contributed by atoms with Gasteiger partial charge in [-0.05, 0) is 55.0 Å². The molecule has 9 heteroatoms. The van der Waals surface area contributed by atoms with Crippen LogP contribution < -0.4 is 5.32 Å². The third kappa shape index (κ3) is 4.65. The van der Waals surface area contributed by atoms with Gasteiger partial charge >= 0.3 is 5.97 Å². The van der Waals surface area contributed by atoms with Crippen molar-refractivity contribution in [2.45, 2.75) is 6.92 Å². The number of nitrogens with one attached hydrogen (secondary N) is 1. The maximum atomic E-state index is 12.5. The molecule has 0 unspecified atom stereocenters. The predicted octanol–water partition coefficient (Wildman–Crippen LogP) is 3.82. The molecule has 4 aromatic rings. The minimum absolute atomic E-state index is 0.355. The zero-order valence-electron chi connectivity index (χ0n) is 16.5. The highest BCUT2D eigenvalue weighted by Crippen LogP contribution is 2.24. The number of halogens is 1. The van der Waals surface area contributed by atoms with E-state index >= 15 is 0 Å². The average molecular weight is 436 g/mol. The topological polar surface area (TPSA) is 91.0 Å². The largest absolute Gasteiger partial charge is 0.452 e. The lowest BCUT2D eigenvalue weighted by atomic mass is 10.1. The van der Waals surface area contributed by atoms with Gasteiger partial charge < -0.3 is 14.6 Å². The maximum absolute atomic E-state index is 12.5. The van der Waals surface area contributed by atoms with Gasteiger partial charge in [-0.25, -0.2) is 14.5 Å². The van der Waals surface area contributed by atoms with Crippen LogP contribution in [0.1, 0.15) is 15.9 Å². The van der Waals surface area contributed by atoms with Crippen molar-refractivity contribution in [3.8, 4) is 11.4 Å². The summed E-state index contributed by atoms with van der Waals surface area (Å²) in [5.74, 6) is -1.10. The van der Waals surface area contributed by atoms with E-state index in [0.717, 1.165) is 11.3 Å². The number of anilines is 1. The number of benzene rings is 2. The Hall–Kier alpha value is -3.91. The number of hydrogen-bond acceptors (Lipinski definition) is 5. The van der Waals surface area contributed by atoms with Gasteiger partial charge in [0.2, 0.25) is 0 Å². The lowest BCUT2D eigenvalue weighted by molar-refractivity contribution is -0.119. The Morgan fingerprint density at radius 1 is 1.10 bits per heavy atom. The Kier molecular flexibility index (Phi) is 5.81. The highest BCUT2D eigenvalue weighted by Gasteiger charge is 2.15. The molecule has 0 spiro atoms. The first-order valence-corrected chi connectivity index (χ1v) is 9.74. The Morgan fingerprint density at radius 3 is 2.65 bits per heavy atom. The van der Waals surface area contributed by atoms with E-state index in [-0.39, 0.29) is 0 Å². The number of aryl methyl sites for hydroxylation is 1. The predicted molar refractivity (Wildman–Crippen MR) is 116 cm³/mol. The van der Waals surface area contributed by atoms with Gasteiger partial charge in [-0.3, -0.25) is 4.79 Å². The van der Waals surface area contributed by atoms with Crippen LogP contribution in [-0.4, -0.2) is 37.8 Å². The Balaban J connectivity index is 1.44. The van der Waals surface area contributed by atoms with Gasteiger partial charge in [0.05, 0.1) is 16.9 Å². The molecule has 4 rings (SSSR count). The molecular weight excluding hydrogens is 418 g/mol. The number of aromatic nitrogens is 4. The zero-order chi connectivity index (χ0) is 21.8. The van der Waals surface area contributed by atoms with Crippen LogP contribution in [-0.2, 0) is 9.53 Å². The quantitative estimate of drug-likeness (QED) is 0.465. The van der Waals surface area contributed by atoms with Gasteiger partial charge in [-0.15, -0.1) is 0 Å². The smallest absolute Gasteiger partial charge is 0.338 e. The summed E-state index contributed by atoms with van der Waals surface area (Å²) in [5, 5.41) is 7.19. The second-order valence-corrected chi connectivity index (χ2v) is 7.15. The van der Waals surface area contributed by atoms with E-state index in [9.17, 15) is 9.59 Å². The summed E-state index contributed by atoms with van der Waals surface area (Å²) in [6.07, 6.45) is 6.66. The first kappa shape index (κ1) is 20.4. The molecule has 1 amide bonds. The Bertz CT molecular complexity index is 1220. The second-order valence-electron chi connectivity index (χ2n) is 6.72. The van der Waals surface area contributed by atoms with E-state index < -0.39 is 18.5 Å². The van der Waals surface area contributed by atoms with Crippen molar-refractivity contribution in [3.63, 3.8) is 0 Å². The average Bonchev–Trinajstić information content (AvgIpc) is 3.47. The SMILES string of the molecule is Cc1ccc(C(=O)OCC(=O)Nc2cc(Cl)ccc2-n2cncn2)cc1-n1cccc1. The number of carbonyl (C=O) groups excluding carboxylic acids is 2. The molecule has 0 radical (unpaired) electrons. The van der Waals surface area contributed by atoms with Crippen molar-refractivity contribution in [2.75, 3.05) is 11.9 Å². The molecule has 0 aliphatic rings. The van der Waals surface area contributed by atoms with Crippen LogP contribution >= 0.6 is 11.6 Å². The van der Waals surface area contributed by atoms with Gasteiger partial charge in [-0.1, -0.05) is 17.7 Å². The van der Waals surface area contributed by atoms with Crippen LogP contribution in [0.2, 0.25) is 5.02 Å². The van der Waals surface area contributed by atoms with Crippen molar-refractivity contribution in [1.29, 1.82) is 0 Å². The molecule has 0 atom stereocenters. The Labute approximate surface area is 183 Å². The van der Waals surface area contributed by atoms with E-state index in [4.69, 9.17) is 16.3 Å². The lowest BCUT2D eigenvalue weighted by Gasteiger charge is -2.12. The summed E-state index contributed by atoms with van der Waals surface area (Å²) in [6.45, 7) is 1.50. The van der Waals surface area contributed by atoms with Crippen LogP contribution in [0.15, 0.2) is 73.6 Å². The van der Waals surface area contributed by atoms with E-state index in [1.807, 2.05) is 42.1 Å². The molecular formula is C22H18ClN5O3. The number of amides is 1. The summed E-state index contributed by atoms with van der Waals surface area (Å²) >= 11 is 6.06. The number of rotatable bonds is 6. The van der Waals surface area contributed by atoms with Gasteiger partial charge in [0.15, 0.2) is 6.61 Å². The van der Waals surface area contributed by atoms with Crippen LogP contribution in [0.3, 0.4) is 0 Å². The number of nitrogens with zero attached hydrogens (tertiary/aromatic N) is 4. The van der Waals surface area contributed by atoms with Crippen molar-refractivity contribution in [2.24, 2.45) is 0 Å². The molecule has 1 N–H and O–H groups in total. The fourth-order valence-electron chi connectivity index (χ4n) is 3.05. The van der Waals surface area contributed by atoms with Crippen molar-refractivity contribution < 1.29 is 14.3 Å². The highest BCUT2D eigenvalue weighted by atomic mass is 35.5. The minimum atomic E-state index is -0.592. The molecule has 8 nitrogen and oxygen atoms in total. The molecule has 2 aromatic heterocycles. The van der Waals surface area contributed by atoms with E-state index in [1.54, 1.807) is 30.3 Å². The first-order valence-electron chi connectivity index (χ1n) is 9.37. The van der Waals surface area contributed by atoms with Crippen molar-refractivity contribution >= 4 is 29.2 Å². The van der Waals surface area contributed by atoms with Crippen LogP contribution in [0.4, 0.5) is 5.69 Å². The first-order chi connectivity index (χ1) is 15.0. The highest BCUT2D eigenvalue weighted by molar-refractivity contribution is 6.31. The molecule has 2 aromatic carbocycles. The van der Waals surface area contributed by atoms with Crippen molar-refractivity contribution in [1.82, 2.24) is 19.3 Å². The van der Waals surface area contributed by atoms with Gasteiger partial charge in [0.25, 0.3) is 5.91 Å². The van der Waals surface area contributed by atoms with Crippen molar-refractivity contribution in [3.05, 3.63) is 89.7 Å². The molecule has 0 aliphatic heterocycles. The van der Waals surface area contributed by atoms with Crippen LogP contribution in [0.5, 0.6) is 0 Å². The third-order valence-corrected chi connectivity index (χ3v) is 4.80. The van der Waals surface area contributed by atoms with E-state index in [1.165, 1.54) is 17.3 Å². The number of esters is 1. The van der Waals surface area contributed by atoms with Crippen LogP contribution in [0, 0.1) is 6.92 Å². The van der Waals surface area contributed by atoms with Gasteiger partial charge in [0.1, 0.15) is 12.7 Å². The molecule has 0 aliphatic carbocycles. The lowest BCUT2D eigenvalue weighted by Crippen LogP contribution is -2.22. The standard InChI is InChI=1S/C22H18ClN5O3/c1-15-4-5-16(10-20(15)27-8-2-3-9-27)22(30)31-12-21(29)26-18-11-17(23)6-7-19(18)28-14-24-13-25-28/h2-11,13-14H,12H2,1H3,(H,26,29). The number of hydrogen-bond donors (Lipinski definition) is 1. The fourth-order valence-corrected chi connectivity index (χ4v) is 3.22. The monoisotopic (exact) mass is 435 g/mol. The molecule has 156 valence electrons. The van der Waals surface area contributed by atoms with E-state index in [2.05, 4.69) is 15.4 Å². The molecule has 0 fully saturated rings.